The maximum Gasteiger partial charge on any atom is 0.246 e. The van der Waals surface area contributed by atoms with Crippen LogP contribution < -0.4 is 16.0 Å². The van der Waals surface area contributed by atoms with Crippen molar-refractivity contribution in [3.8, 4) is 0 Å². The third-order valence-electron chi connectivity index (χ3n) is 4.25. The second-order valence-corrected chi connectivity index (χ2v) is 6.09. The molecular weight excluding hydrogens is 330 g/mol. The minimum absolute atomic E-state index is 0.0868. The Kier molecular flexibility index (Phi) is 4.18. The summed E-state index contributed by atoms with van der Waals surface area (Å²) in [6, 6.07) is 14.6. The molecule has 130 valence electrons. The molecule has 1 aliphatic heterocycles. The van der Waals surface area contributed by atoms with Gasteiger partial charge in [-0.15, -0.1) is 0 Å². The molecule has 7 heteroatoms. The summed E-state index contributed by atoms with van der Waals surface area (Å²) < 4.78 is 0. The van der Waals surface area contributed by atoms with E-state index in [0.29, 0.717) is 24.3 Å². The van der Waals surface area contributed by atoms with Crippen molar-refractivity contribution in [2.45, 2.75) is 18.9 Å². The van der Waals surface area contributed by atoms with Crippen LogP contribution in [0.3, 0.4) is 0 Å². The molecular formula is C19H17N5O2. The highest BCUT2D eigenvalue weighted by Gasteiger charge is 2.27. The van der Waals surface area contributed by atoms with E-state index in [1.54, 1.807) is 6.07 Å². The summed E-state index contributed by atoms with van der Waals surface area (Å²) in [5.41, 5.74) is 2.30. The third-order valence-corrected chi connectivity index (χ3v) is 4.25. The SMILES string of the molecule is O=C1CCC(C(=O)Nc2cccc(Nc3ncnc4ccccc34)c2)N1. The van der Waals surface area contributed by atoms with Crippen molar-refractivity contribution in [3.05, 3.63) is 54.9 Å². The second kappa shape index (κ2) is 6.79. The fourth-order valence-electron chi connectivity index (χ4n) is 2.96. The molecule has 3 N–H and O–H groups in total. The van der Waals surface area contributed by atoms with Crippen LogP contribution in [0, 0.1) is 0 Å². The van der Waals surface area contributed by atoms with Gasteiger partial charge in [0.25, 0.3) is 0 Å². The first-order valence-electron chi connectivity index (χ1n) is 8.36. The van der Waals surface area contributed by atoms with E-state index in [4.69, 9.17) is 0 Å². The van der Waals surface area contributed by atoms with Crippen molar-refractivity contribution < 1.29 is 9.59 Å². The molecule has 0 bridgehead atoms. The van der Waals surface area contributed by atoms with Gasteiger partial charge in [0.15, 0.2) is 0 Å². The zero-order valence-electron chi connectivity index (χ0n) is 13.9. The molecule has 0 spiro atoms. The van der Waals surface area contributed by atoms with E-state index >= 15 is 0 Å². The molecule has 7 nitrogen and oxygen atoms in total. The normalized spacial score (nSPS) is 16.3. The van der Waals surface area contributed by atoms with Gasteiger partial charge >= 0.3 is 0 Å². The first-order chi connectivity index (χ1) is 12.7. The van der Waals surface area contributed by atoms with Gasteiger partial charge in [-0.05, 0) is 36.8 Å². The van der Waals surface area contributed by atoms with Crippen LogP contribution in [0.4, 0.5) is 17.2 Å². The Hall–Kier alpha value is -3.48. The molecule has 1 fully saturated rings. The number of nitrogens with one attached hydrogen (secondary N) is 3. The molecule has 3 aromatic rings. The molecule has 1 aliphatic rings. The van der Waals surface area contributed by atoms with E-state index in [0.717, 1.165) is 16.6 Å². The number of rotatable bonds is 4. The zero-order valence-corrected chi connectivity index (χ0v) is 13.9. The molecule has 1 unspecified atom stereocenters. The average Bonchev–Trinajstić information content (AvgIpc) is 3.09. The maximum atomic E-state index is 12.2. The Morgan fingerprint density at radius 2 is 1.92 bits per heavy atom. The number of hydrogen-bond donors (Lipinski definition) is 3. The molecule has 2 amide bonds. The van der Waals surface area contributed by atoms with Crippen LogP contribution in [0.1, 0.15) is 12.8 Å². The molecule has 1 aromatic heterocycles. The lowest BCUT2D eigenvalue weighted by atomic mass is 10.2. The van der Waals surface area contributed by atoms with Gasteiger partial charge in [-0.1, -0.05) is 18.2 Å². The second-order valence-electron chi connectivity index (χ2n) is 6.09. The number of para-hydroxylation sites is 1. The molecule has 0 radical (unpaired) electrons. The highest BCUT2D eigenvalue weighted by Crippen LogP contribution is 2.24. The minimum Gasteiger partial charge on any atom is -0.344 e. The molecule has 1 saturated heterocycles. The van der Waals surface area contributed by atoms with Gasteiger partial charge in [0.2, 0.25) is 11.8 Å². The number of anilines is 3. The quantitative estimate of drug-likeness (QED) is 0.674. The Labute approximate surface area is 149 Å². The van der Waals surface area contributed by atoms with E-state index in [9.17, 15) is 9.59 Å². The molecule has 26 heavy (non-hydrogen) atoms. The molecule has 4 rings (SSSR count). The van der Waals surface area contributed by atoms with Crippen LogP contribution in [0.15, 0.2) is 54.9 Å². The molecule has 2 aromatic carbocycles. The fourth-order valence-corrected chi connectivity index (χ4v) is 2.96. The summed E-state index contributed by atoms with van der Waals surface area (Å²) in [6.07, 6.45) is 2.43. The predicted octanol–water partition coefficient (Wildman–Crippen LogP) is 2.59. The van der Waals surface area contributed by atoms with Crippen LogP contribution >= 0.6 is 0 Å². The summed E-state index contributed by atoms with van der Waals surface area (Å²) in [4.78, 5) is 32.1. The third kappa shape index (κ3) is 3.32. The Morgan fingerprint density at radius 1 is 1.08 bits per heavy atom. The summed E-state index contributed by atoms with van der Waals surface area (Å²) >= 11 is 0. The van der Waals surface area contributed by atoms with Crippen molar-refractivity contribution in [1.82, 2.24) is 15.3 Å². The molecule has 0 saturated carbocycles. The largest absolute Gasteiger partial charge is 0.344 e. The topological polar surface area (TPSA) is 96.0 Å². The van der Waals surface area contributed by atoms with Gasteiger partial charge in [-0.2, -0.15) is 0 Å². The number of benzene rings is 2. The predicted molar refractivity (Wildman–Crippen MR) is 99.1 cm³/mol. The van der Waals surface area contributed by atoms with Gasteiger partial charge in [-0.3, -0.25) is 9.59 Å². The lowest BCUT2D eigenvalue weighted by molar-refractivity contribution is -0.122. The fraction of sp³-hybridized carbons (Fsp3) is 0.158. The minimum atomic E-state index is -0.468. The standard InChI is InChI=1S/C19H17N5O2/c25-17-9-8-16(24-17)19(26)23-13-5-3-4-12(10-13)22-18-14-6-1-2-7-15(14)20-11-21-18/h1-7,10-11,16H,8-9H2,(H,23,26)(H,24,25)(H,20,21,22). The van der Waals surface area contributed by atoms with Gasteiger partial charge in [-0.25, -0.2) is 9.97 Å². The van der Waals surface area contributed by atoms with Gasteiger partial charge in [0.1, 0.15) is 18.2 Å². The summed E-state index contributed by atoms with van der Waals surface area (Å²) in [5.74, 6) is 0.402. The van der Waals surface area contributed by atoms with Crippen molar-refractivity contribution in [1.29, 1.82) is 0 Å². The highest BCUT2D eigenvalue weighted by atomic mass is 16.2. The molecule has 2 heterocycles. The van der Waals surface area contributed by atoms with Gasteiger partial charge in [0.05, 0.1) is 5.52 Å². The summed E-state index contributed by atoms with van der Waals surface area (Å²) in [6.45, 7) is 0. The number of nitrogens with zero attached hydrogens (tertiary/aromatic N) is 2. The first-order valence-corrected chi connectivity index (χ1v) is 8.36. The Bertz CT molecular complexity index is 983. The lowest BCUT2D eigenvalue weighted by Gasteiger charge is -2.13. The molecule has 1 atom stereocenters. The Morgan fingerprint density at radius 3 is 2.77 bits per heavy atom. The van der Waals surface area contributed by atoms with E-state index in [2.05, 4.69) is 25.9 Å². The number of carbonyl (C=O) groups excluding carboxylic acids is 2. The van der Waals surface area contributed by atoms with Gasteiger partial charge in [0, 0.05) is 23.2 Å². The van der Waals surface area contributed by atoms with Crippen molar-refractivity contribution in [2.75, 3.05) is 10.6 Å². The smallest absolute Gasteiger partial charge is 0.246 e. The van der Waals surface area contributed by atoms with Crippen molar-refractivity contribution in [3.63, 3.8) is 0 Å². The van der Waals surface area contributed by atoms with Crippen LogP contribution in [0.5, 0.6) is 0 Å². The number of aromatic nitrogens is 2. The average molecular weight is 347 g/mol. The van der Waals surface area contributed by atoms with Crippen LogP contribution in [0.2, 0.25) is 0 Å². The van der Waals surface area contributed by atoms with Crippen LogP contribution in [0.25, 0.3) is 10.9 Å². The monoisotopic (exact) mass is 347 g/mol. The van der Waals surface area contributed by atoms with Crippen LogP contribution in [-0.2, 0) is 9.59 Å². The van der Waals surface area contributed by atoms with Crippen molar-refractivity contribution in [2.24, 2.45) is 0 Å². The number of hydrogen-bond acceptors (Lipinski definition) is 5. The highest BCUT2D eigenvalue weighted by molar-refractivity contribution is 5.99. The lowest BCUT2D eigenvalue weighted by Crippen LogP contribution is -2.37. The number of fused-ring (bicyclic) bond motifs is 1. The van der Waals surface area contributed by atoms with Crippen molar-refractivity contribution >= 4 is 39.9 Å². The van der Waals surface area contributed by atoms with Gasteiger partial charge < -0.3 is 16.0 Å². The van der Waals surface area contributed by atoms with E-state index < -0.39 is 6.04 Å². The maximum absolute atomic E-state index is 12.2. The number of carbonyl (C=O) groups is 2. The molecule has 0 aliphatic carbocycles. The summed E-state index contributed by atoms with van der Waals surface area (Å²) in [7, 11) is 0. The summed E-state index contributed by atoms with van der Waals surface area (Å²) in [5, 5.41) is 9.69. The van der Waals surface area contributed by atoms with E-state index in [-0.39, 0.29) is 11.8 Å². The Balaban J connectivity index is 1.52. The first kappa shape index (κ1) is 16.0. The number of amides is 2. The zero-order chi connectivity index (χ0) is 17.9. The van der Waals surface area contributed by atoms with E-state index in [1.807, 2.05) is 42.5 Å². The van der Waals surface area contributed by atoms with Crippen LogP contribution in [-0.4, -0.2) is 27.8 Å². The van der Waals surface area contributed by atoms with E-state index in [1.165, 1.54) is 6.33 Å².